The van der Waals surface area contributed by atoms with Crippen LogP contribution >= 0.6 is 34.7 Å². The van der Waals surface area contributed by atoms with Crippen LogP contribution in [0.2, 0.25) is 5.02 Å². The number of aromatic nitrogens is 3. The van der Waals surface area contributed by atoms with Crippen molar-refractivity contribution in [3.8, 4) is 0 Å². The van der Waals surface area contributed by atoms with Crippen molar-refractivity contribution in [2.45, 2.75) is 23.6 Å². The van der Waals surface area contributed by atoms with Gasteiger partial charge in [0.15, 0.2) is 0 Å². The van der Waals surface area contributed by atoms with E-state index in [1.807, 2.05) is 24.4 Å². The number of nitrogens with one attached hydrogen (secondary N) is 1. The molecule has 0 aliphatic carbocycles. The van der Waals surface area contributed by atoms with Gasteiger partial charge in [-0.15, -0.1) is 11.3 Å². The molecule has 0 atom stereocenters. The van der Waals surface area contributed by atoms with Crippen LogP contribution in [0.1, 0.15) is 27.4 Å². The third-order valence-electron chi connectivity index (χ3n) is 4.24. The molecule has 2 aromatic heterocycles. The number of fused-ring (bicyclic) bond motifs is 1. The molecule has 6 nitrogen and oxygen atoms in total. The molecule has 0 aliphatic heterocycles. The number of esters is 1. The maximum Gasteiger partial charge on any atom is 0.338 e. The first-order chi connectivity index (χ1) is 14.5. The van der Waals surface area contributed by atoms with Gasteiger partial charge in [-0.1, -0.05) is 41.6 Å². The van der Waals surface area contributed by atoms with Gasteiger partial charge in [-0.05, 0) is 36.8 Å². The molecule has 1 N–H and O–H groups in total. The summed E-state index contributed by atoms with van der Waals surface area (Å²) in [6, 6.07) is 12.1. The van der Waals surface area contributed by atoms with Crippen LogP contribution in [0.4, 0.5) is 0 Å². The highest BCUT2D eigenvalue weighted by Crippen LogP contribution is 2.27. The molecule has 30 heavy (non-hydrogen) atoms. The lowest BCUT2D eigenvalue weighted by Gasteiger charge is -2.09. The van der Waals surface area contributed by atoms with Crippen LogP contribution in [0.5, 0.6) is 0 Å². The third kappa shape index (κ3) is 4.72. The molecule has 2 aromatic carbocycles. The van der Waals surface area contributed by atoms with Gasteiger partial charge in [-0.3, -0.25) is 4.79 Å². The molecule has 0 amide bonds. The van der Waals surface area contributed by atoms with Gasteiger partial charge in [-0.25, -0.2) is 14.8 Å². The summed E-state index contributed by atoms with van der Waals surface area (Å²) in [6.45, 7) is 1.80. The molecule has 0 spiro atoms. The Balaban J connectivity index is 1.48. The van der Waals surface area contributed by atoms with Crippen LogP contribution in [0.25, 0.3) is 10.9 Å². The van der Waals surface area contributed by atoms with Gasteiger partial charge < -0.3 is 9.72 Å². The van der Waals surface area contributed by atoms with E-state index in [1.54, 1.807) is 53.4 Å². The molecular weight excluding hydrogens is 442 g/mol. The van der Waals surface area contributed by atoms with E-state index in [2.05, 4.69) is 15.0 Å². The number of hydrogen-bond donors (Lipinski definition) is 1. The fourth-order valence-corrected chi connectivity index (χ4v) is 4.84. The Morgan fingerprint density at radius 1 is 1.23 bits per heavy atom. The van der Waals surface area contributed by atoms with Crippen molar-refractivity contribution < 1.29 is 9.53 Å². The molecule has 9 heteroatoms. The number of thiazole rings is 1. The summed E-state index contributed by atoms with van der Waals surface area (Å²) in [4.78, 5) is 36.3. The van der Waals surface area contributed by atoms with Gasteiger partial charge in [-0.2, -0.15) is 0 Å². The summed E-state index contributed by atoms with van der Waals surface area (Å²) in [6.07, 6.45) is 0. The molecule has 4 aromatic rings. The number of benzene rings is 2. The summed E-state index contributed by atoms with van der Waals surface area (Å²) in [7, 11) is 0. The summed E-state index contributed by atoms with van der Waals surface area (Å²) >= 11 is 9.13. The molecule has 152 valence electrons. The van der Waals surface area contributed by atoms with E-state index in [4.69, 9.17) is 16.3 Å². The zero-order valence-corrected chi connectivity index (χ0v) is 18.2. The maximum atomic E-state index is 12.7. The number of hydrogen-bond acceptors (Lipinski definition) is 7. The molecule has 0 saturated carbocycles. The molecular formula is C21H16ClN3O3S2. The number of rotatable bonds is 6. The predicted molar refractivity (Wildman–Crippen MR) is 119 cm³/mol. The number of carbonyl (C=O) groups is 1. The lowest BCUT2D eigenvalue weighted by Crippen LogP contribution is -2.15. The normalized spacial score (nSPS) is 11.0. The zero-order chi connectivity index (χ0) is 21.1. The Morgan fingerprint density at radius 3 is 2.87 bits per heavy atom. The Bertz CT molecular complexity index is 1290. The lowest BCUT2D eigenvalue weighted by molar-refractivity contribution is 0.0461. The summed E-state index contributed by atoms with van der Waals surface area (Å²) < 4.78 is 6.37. The number of thioether (sulfide) groups is 1. The minimum absolute atomic E-state index is 0.149. The first kappa shape index (κ1) is 20.6. The van der Waals surface area contributed by atoms with Crippen molar-refractivity contribution in [1.82, 2.24) is 15.0 Å². The zero-order valence-electron chi connectivity index (χ0n) is 15.8. The highest BCUT2D eigenvalue weighted by atomic mass is 35.5. The molecule has 4 rings (SSSR count). The average molecular weight is 458 g/mol. The number of aryl methyl sites for hydroxylation is 1. The quantitative estimate of drug-likeness (QED) is 0.324. The van der Waals surface area contributed by atoms with E-state index in [0.717, 1.165) is 15.6 Å². The molecule has 0 fully saturated rings. The van der Waals surface area contributed by atoms with E-state index < -0.39 is 5.97 Å². The number of H-pyrrole nitrogens is 1. The van der Waals surface area contributed by atoms with Gasteiger partial charge in [0, 0.05) is 21.8 Å². The lowest BCUT2D eigenvalue weighted by atomic mass is 10.1. The maximum absolute atomic E-state index is 12.7. The molecule has 0 unspecified atom stereocenters. The molecule has 0 bridgehead atoms. The molecule has 0 saturated heterocycles. The second kappa shape index (κ2) is 8.99. The van der Waals surface area contributed by atoms with Crippen LogP contribution < -0.4 is 5.56 Å². The Hall–Kier alpha value is -2.68. The average Bonchev–Trinajstić information content (AvgIpc) is 3.15. The van der Waals surface area contributed by atoms with Crippen LogP contribution in [0.15, 0.2) is 57.0 Å². The third-order valence-corrected chi connectivity index (χ3v) is 6.67. The molecule has 0 radical (unpaired) electrons. The minimum Gasteiger partial charge on any atom is -0.454 e. The second-order valence-electron chi connectivity index (χ2n) is 6.45. The van der Waals surface area contributed by atoms with Crippen molar-refractivity contribution >= 4 is 51.6 Å². The Morgan fingerprint density at radius 2 is 2.07 bits per heavy atom. The summed E-state index contributed by atoms with van der Waals surface area (Å²) in [5.41, 5.74) is 2.45. The van der Waals surface area contributed by atoms with Crippen LogP contribution in [0.3, 0.4) is 0 Å². The Kier molecular flexibility index (Phi) is 6.17. The fourth-order valence-electron chi connectivity index (χ4n) is 2.82. The number of ether oxygens (including phenoxy) is 1. The topological polar surface area (TPSA) is 84.9 Å². The standard InChI is InChI=1S/C21H16ClN3O3S2/c1-12-10-29-21(23-12)30-11-13-4-2-3-5-15(13)20(27)28-9-18-24-17-8-14(22)6-7-16(17)19(26)25-18/h2-8,10H,9,11H2,1H3,(H,24,25,26). The number of aromatic amines is 1. The molecule has 2 heterocycles. The SMILES string of the molecule is Cc1csc(SCc2ccccc2C(=O)OCc2nc3cc(Cl)ccc3c(=O)[nH]2)n1. The summed E-state index contributed by atoms with van der Waals surface area (Å²) in [5, 5.41) is 2.90. The van der Waals surface area contributed by atoms with E-state index in [0.29, 0.717) is 27.2 Å². The second-order valence-corrected chi connectivity index (χ2v) is 8.97. The Labute approximate surface area is 185 Å². The monoisotopic (exact) mass is 457 g/mol. The van der Waals surface area contributed by atoms with E-state index in [1.165, 1.54) is 0 Å². The van der Waals surface area contributed by atoms with Crippen molar-refractivity contribution in [2.24, 2.45) is 0 Å². The van der Waals surface area contributed by atoms with Crippen molar-refractivity contribution in [2.75, 3.05) is 0 Å². The highest BCUT2D eigenvalue weighted by Gasteiger charge is 2.14. The smallest absolute Gasteiger partial charge is 0.338 e. The van der Waals surface area contributed by atoms with Gasteiger partial charge in [0.05, 0.1) is 16.5 Å². The number of halogens is 1. The van der Waals surface area contributed by atoms with Gasteiger partial charge in [0.25, 0.3) is 5.56 Å². The van der Waals surface area contributed by atoms with Gasteiger partial charge in [0.2, 0.25) is 0 Å². The van der Waals surface area contributed by atoms with Crippen LogP contribution in [-0.4, -0.2) is 20.9 Å². The van der Waals surface area contributed by atoms with E-state index in [9.17, 15) is 9.59 Å². The van der Waals surface area contributed by atoms with Gasteiger partial charge >= 0.3 is 5.97 Å². The van der Waals surface area contributed by atoms with E-state index >= 15 is 0 Å². The first-order valence-electron chi connectivity index (χ1n) is 8.98. The van der Waals surface area contributed by atoms with Gasteiger partial charge in [0.1, 0.15) is 16.8 Å². The van der Waals surface area contributed by atoms with E-state index in [-0.39, 0.29) is 18.0 Å². The minimum atomic E-state index is -0.477. The molecule has 0 aliphatic rings. The largest absolute Gasteiger partial charge is 0.454 e. The highest BCUT2D eigenvalue weighted by molar-refractivity contribution is 8.00. The fraction of sp³-hybridized carbons (Fsp3) is 0.143. The number of carbonyl (C=O) groups excluding carboxylic acids is 1. The van der Waals surface area contributed by atoms with Crippen molar-refractivity contribution in [1.29, 1.82) is 0 Å². The summed E-state index contributed by atoms with van der Waals surface area (Å²) in [5.74, 6) is 0.380. The predicted octanol–water partition coefficient (Wildman–Crippen LogP) is 4.99. The van der Waals surface area contributed by atoms with Crippen molar-refractivity contribution in [3.63, 3.8) is 0 Å². The first-order valence-corrected chi connectivity index (χ1v) is 11.2. The van der Waals surface area contributed by atoms with Crippen LogP contribution in [0, 0.1) is 6.92 Å². The van der Waals surface area contributed by atoms with Crippen LogP contribution in [-0.2, 0) is 17.1 Å². The van der Waals surface area contributed by atoms with Crippen molar-refractivity contribution in [3.05, 3.63) is 85.9 Å². The number of nitrogens with zero attached hydrogens (tertiary/aromatic N) is 2.